The molecule has 2 rings (SSSR count). The minimum atomic E-state index is -0.341. The van der Waals surface area contributed by atoms with Crippen LogP contribution in [0.4, 0.5) is 4.79 Å². The summed E-state index contributed by atoms with van der Waals surface area (Å²) in [5.74, 6) is 1.34. The zero-order valence-electron chi connectivity index (χ0n) is 16.0. The second-order valence-corrected chi connectivity index (χ2v) is 5.95. The number of imide groups is 1. The number of aryl methyl sites for hydroxylation is 1. The Morgan fingerprint density at radius 3 is 2.74 bits per heavy atom. The summed E-state index contributed by atoms with van der Waals surface area (Å²) in [6.45, 7) is 6.18. The molecule has 1 aliphatic rings. The molecule has 1 saturated heterocycles. The lowest BCUT2D eigenvalue weighted by atomic mass is 10.1. The highest BCUT2D eigenvalue weighted by molar-refractivity contribution is 14.0. The van der Waals surface area contributed by atoms with Crippen LogP contribution in [0.5, 0.6) is 5.75 Å². The Morgan fingerprint density at radius 1 is 1.33 bits per heavy atom. The first-order valence-electron chi connectivity index (χ1n) is 8.79. The van der Waals surface area contributed by atoms with E-state index in [2.05, 4.69) is 27.0 Å². The summed E-state index contributed by atoms with van der Waals surface area (Å²) >= 11 is 0. The lowest BCUT2D eigenvalue weighted by Gasteiger charge is -2.15. The Labute approximate surface area is 177 Å². The Balaban J connectivity index is 0.00000364. The van der Waals surface area contributed by atoms with Crippen molar-refractivity contribution in [2.45, 2.75) is 20.3 Å². The molecule has 150 valence electrons. The van der Waals surface area contributed by atoms with E-state index >= 15 is 0 Å². The van der Waals surface area contributed by atoms with E-state index in [4.69, 9.17) is 4.74 Å². The predicted molar refractivity (Wildman–Crippen MR) is 116 cm³/mol. The van der Waals surface area contributed by atoms with E-state index < -0.39 is 0 Å². The highest BCUT2D eigenvalue weighted by Gasteiger charge is 2.27. The second-order valence-electron chi connectivity index (χ2n) is 5.95. The number of nitrogens with zero attached hydrogens (tertiary/aromatic N) is 2. The molecule has 1 heterocycles. The van der Waals surface area contributed by atoms with Gasteiger partial charge in [0, 0.05) is 26.2 Å². The molecule has 0 saturated carbocycles. The van der Waals surface area contributed by atoms with Crippen molar-refractivity contribution in [3.8, 4) is 5.75 Å². The van der Waals surface area contributed by atoms with Crippen LogP contribution in [0.3, 0.4) is 0 Å². The SMILES string of the molecule is CCNC(=NCCc1ccc(C)c(OC)c1)NCCN1C(=O)CNC1=O.I. The summed E-state index contributed by atoms with van der Waals surface area (Å²) in [6, 6.07) is 5.81. The molecule has 0 atom stereocenters. The van der Waals surface area contributed by atoms with Gasteiger partial charge in [-0.3, -0.25) is 14.7 Å². The highest BCUT2D eigenvalue weighted by atomic mass is 127. The summed E-state index contributed by atoms with van der Waals surface area (Å²) in [5.41, 5.74) is 2.27. The molecular weight excluding hydrogens is 461 g/mol. The van der Waals surface area contributed by atoms with Crippen LogP contribution in [0.15, 0.2) is 23.2 Å². The van der Waals surface area contributed by atoms with Gasteiger partial charge in [-0.05, 0) is 37.5 Å². The van der Waals surface area contributed by atoms with Gasteiger partial charge < -0.3 is 20.7 Å². The van der Waals surface area contributed by atoms with E-state index in [0.717, 1.165) is 29.8 Å². The zero-order chi connectivity index (χ0) is 18.9. The van der Waals surface area contributed by atoms with Gasteiger partial charge in [0.05, 0.1) is 13.7 Å². The van der Waals surface area contributed by atoms with Crippen molar-refractivity contribution >= 4 is 41.9 Å². The molecule has 0 unspecified atom stereocenters. The van der Waals surface area contributed by atoms with Gasteiger partial charge in [0.1, 0.15) is 5.75 Å². The third kappa shape index (κ3) is 6.89. The van der Waals surface area contributed by atoms with E-state index in [1.807, 2.05) is 26.0 Å². The number of amides is 3. The summed E-state index contributed by atoms with van der Waals surface area (Å²) < 4.78 is 5.35. The molecule has 0 bridgehead atoms. The zero-order valence-corrected chi connectivity index (χ0v) is 18.3. The molecule has 27 heavy (non-hydrogen) atoms. The number of hydrogen-bond donors (Lipinski definition) is 3. The fraction of sp³-hybridized carbons (Fsp3) is 0.500. The molecule has 9 heteroatoms. The third-order valence-corrected chi connectivity index (χ3v) is 4.05. The number of urea groups is 1. The molecule has 8 nitrogen and oxygen atoms in total. The summed E-state index contributed by atoms with van der Waals surface area (Å²) in [4.78, 5) is 28.8. The maximum absolute atomic E-state index is 11.5. The van der Waals surface area contributed by atoms with E-state index in [9.17, 15) is 9.59 Å². The summed E-state index contributed by atoms with van der Waals surface area (Å²) in [6.07, 6.45) is 0.792. The quantitative estimate of drug-likeness (QED) is 0.221. The Hall–Kier alpha value is -2.04. The molecule has 1 aromatic carbocycles. The lowest BCUT2D eigenvalue weighted by Crippen LogP contribution is -2.43. The van der Waals surface area contributed by atoms with Gasteiger partial charge in [0.25, 0.3) is 0 Å². The van der Waals surface area contributed by atoms with Crippen LogP contribution < -0.4 is 20.7 Å². The normalized spacial score (nSPS) is 13.9. The standard InChI is InChI=1S/C18H27N5O3.HI/c1-4-19-17(21-9-10-23-16(24)12-22-18(23)25)20-8-7-14-6-5-13(2)15(11-14)26-3;/h5-6,11H,4,7-10,12H2,1-3H3,(H,22,25)(H2,19,20,21);1H. The average molecular weight is 489 g/mol. The molecule has 0 spiro atoms. The number of carbonyl (C=O) groups excluding carboxylic acids is 2. The summed E-state index contributed by atoms with van der Waals surface area (Å²) in [5, 5.41) is 8.81. The van der Waals surface area contributed by atoms with Crippen LogP contribution >= 0.6 is 24.0 Å². The Kier molecular flexibility index (Phi) is 9.90. The van der Waals surface area contributed by atoms with Gasteiger partial charge in [0.2, 0.25) is 5.91 Å². The van der Waals surface area contributed by atoms with Gasteiger partial charge in [-0.1, -0.05) is 12.1 Å². The van der Waals surface area contributed by atoms with E-state index in [1.165, 1.54) is 4.90 Å². The first kappa shape index (κ1) is 23.0. The lowest BCUT2D eigenvalue weighted by molar-refractivity contribution is -0.124. The smallest absolute Gasteiger partial charge is 0.324 e. The van der Waals surface area contributed by atoms with Crippen LogP contribution in [0.25, 0.3) is 0 Å². The highest BCUT2D eigenvalue weighted by Crippen LogP contribution is 2.19. The third-order valence-electron chi connectivity index (χ3n) is 4.05. The second kappa shape index (κ2) is 11.6. The Morgan fingerprint density at radius 2 is 2.11 bits per heavy atom. The van der Waals surface area contributed by atoms with Crippen molar-refractivity contribution in [2.75, 3.05) is 39.8 Å². The van der Waals surface area contributed by atoms with Crippen molar-refractivity contribution in [3.05, 3.63) is 29.3 Å². The number of ether oxygens (including phenoxy) is 1. The number of benzene rings is 1. The van der Waals surface area contributed by atoms with E-state index in [1.54, 1.807) is 7.11 Å². The van der Waals surface area contributed by atoms with Crippen molar-refractivity contribution in [1.29, 1.82) is 0 Å². The van der Waals surface area contributed by atoms with Crippen LogP contribution in [-0.4, -0.2) is 62.6 Å². The molecule has 1 aliphatic heterocycles. The molecule has 1 aromatic rings. The molecule has 0 aliphatic carbocycles. The van der Waals surface area contributed by atoms with Crippen molar-refractivity contribution in [2.24, 2.45) is 4.99 Å². The minimum absolute atomic E-state index is 0. The van der Waals surface area contributed by atoms with Crippen LogP contribution in [0.1, 0.15) is 18.1 Å². The van der Waals surface area contributed by atoms with E-state index in [0.29, 0.717) is 25.6 Å². The van der Waals surface area contributed by atoms with Gasteiger partial charge in [-0.25, -0.2) is 4.79 Å². The number of hydrogen-bond acceptors (Lipinski definition) is 4. The minimum Gasteiger partial charge on any atom is -0.496 e. The first-order chi connectivity index (χ1) is 12.5. The van der Waals surface area contributed by atoms with Crippen molar-refractivity contribution < 1.29 is 14.3 Å². The van der Waals surface area contributed by atoms with Crippen LogP contribution in [-0.2, 0) is 11.2 Å². The summed E-state index contributed by atoms with van der Waals surface area (Å²) in [7, 11) is 1.67. The van der Waals surface area contributed by atoms with E-state index in [-0.39, 0.29) is 42.5 Å². The topological polar surface area (TPSA) is 95.1 Å². The molecule has 0 aromatic heterocycles. The monoisotopic (exact) mass is 489 g/mol. The molecule has 3 N–H and O–H groups in total. The number of carbonyl (C=O) groups is 2. The molecule has 3 amide bonds. The largest absolute Gasteiger partial charge is 0.496 e. The molecule has 0 radical (unpaired) electrons. The first-order valence-corrected chi connectivity index (χ1v) is 8.79. The number of aliphatic imine (C=N–C) groups is 1. The average Bonchev–Trinajstić information content (AvgIpc) is 2.95. The number of nitrogens with one attached hydrogen (secondary N) is 3. The number of halogens is 1. The van der Waals surface area contributed by atoms with Gasteiger partial charge in [0.15, 0.2) is 5.96 Å². The maximum atomic E-state index is 11.5. The van der Waals surface area contributed by atoms with Crippen molar-refractivity contribution in [3.63, 3.8) is 0 Å². The van der Waals surface area contributed by atoms with Gasteiger partial charge in [-0.15, -0.1) is 24.0 Å². The van der Waals surface area contributed by atoms with Crippen molar-refractivity contribution in [1.82, 2.24) is 20.9 Å². The predicted octanol–water partition coefficient (Wildman–Crippen LogP) is 1.27. The fourth-order valence-electron chi connectivity index (χ4n) is 2.63. The van der Waals surface area contributed by atoms with Gasteiger partial charge in [-0.2, -0.15) is 0 Å². The maximum Gasteiger partial charge on any atom is 0.324 e. The van der Waals surface area contributed by atoms with Gasteiger partial charge >= 0.3 is 6.03 Å². The van der Waals surface area contributed by atoms with Crippen LogP contribution in [0.2, 0.25) is 0 Å². The molecule has 1 fully saturated rings. The number of methoxy groups -OCH3 is 1. The number of guanidine groups is 1. The molecular formula is C18H28IN5O3. The number of rotatable bonds is 8. The van der Waals surface area contributed by atoms with Crippen LogP contribution in [0, 0.1) is 6.92 Å². The Bertz CT molecular complexity index is 665. The fourth-order valence-corrected chi connectivity index (χ4v) is 2.63.